The van der Waals surface area contributed by atoms with Gasteiger partial charge in [0.25, 0.3) is 10.1 Å². The first-order valence-corrected chi connectivity index (χ1v) is 6.98. The molecule has 1 fully saturated rings. The minimum atomic E-state index is -3.78. The first-order chi connectivity index (χ1) is 6.42. The van der Waals surface area contributed by atoms with E-state index >= 15 is 0 Å². The first kappa shape index (κ1) is 12.0. The molecule has 1 aliphatic carbocycles. The van der Waals surface area contributed by atoms with Crippen molar-refractivity contribution in [3.8, 4) is 0 Å². The summed E-state index contributed by atoms with van der Waals surface area (Å²) in [4.78, 5) is 0. The zero-order chi connectivity index (χ0) is 10.8. The lowest BCUT2D eigenvalue weighted by atomic mass is 9.93. The van der Waals surface area contributed by atoms with Gasteiger partial charge in [-0.1, -0.05) is 26.7 Å². The van der Waals surface area contributed by atoms with Crippen molar-refractivity contribution < 1.29 is 13.0 Å². The molecule has 1 rings (SSSR count). The summed E-state index contributed by atoms with van der Waals surface area (Å²) in [5.41, 5.74) is 0. The highest BCUT2D eigenvalue weighted by atomic mass is 32.2. The molecule has 4 heteroatoms. The van der Waals surface area contributed by atoms with Gasteiger partial charge >= 0.3 is 0 Å². The van der Waals surface area contributed by atoms with E-state index in [0.717, 1.165) is 25.7 Å². The second-order valence-corrected chi connectivity index (χ2v) is 6.13. The van der Waals surface area contributed by atoms with Gasteiger partial charge in [0.2, 0.25) is 0 Å². The van der Waals surface area contributed by atoms with E-state index in [4.69, 9.17) is 4.55 Å². The van der Waals surface area contributed by atoms with Crippen molar-refractivity contribution in [2.24, 2.45) is 17.8 Å². The molecule has 3 atom stereocenters. The van der Waals surface area contributed by atoms with E-state index in [0.29, 0.717) is 11.8 Å². The Hall–Kier alpha value is -0.0900. The van der Waals surface area contributed by atoms with Crippen LogP contribution in [0.15, 0.2) is 0 Å². The van der Waals surface area contributed by atoms with Crippen LogP contribution >= 0.6 is 0 Å². The molecule has 0 aromatic rings. The molecular weight excluding hydrogens is 200 g/mol. The molecule has 0 spiro atoms. The minimum absolute atomic E-state index is 0.0397. The van der Waals surface area contributed by atoms with Gasteiger partial charge in [-0.05, 0) is 30.6 Å². The summed E-state index contributed by atoms with van der Waals surface area (Å²) in [7, 11) is -3.78. The fourth-order valence-electron chi connectivity index (χ4n) is 2.71. The molecule has 0 aromatic carbocycles. The molecule has 1 N–H and O–H groups in total. The summed E-state index contributed by atoms with van der Waals surface area (Å²) >= 11 is 0. The van der Waals surface area contributed by atoms with Crippen LogP contribution in [-0.4, -0.2) is 18.7 Å². The molecule has 84 valence electrons. The van der Waals surface area contributed by atoms with Gasteiger partial charge in [-0.3, -0.25) is 4.55 Å². The Balaban J connectivity index is 2.57. The maximum Gasteiger partial charge on any atom is 0.265 e. The Morgan fingerprint density at radius 1 is 1.29 bits per heavy atom. The van der Waals surface area contributed by atoms with Crippen molar-refractivity contribution in [2.45, 2.75) is 39.5 Å². The van der Waals surface area contributed by atoms with Crippen LogP contribution in [0.5, 0.6) is 0 Å². The molecule has 0 radical (unpaired) electrons. The van der Waals surface area contributed by atoms with E-state index in [1.165, 1.54) is 0 Å². The van der Waals surface area contributed by atoms with Crippen LogP contribution in [0, 0.1) is 17.8 Å². The highest BCUT2D eigenvalue weighted by molar-refractivity contribution is 7.85. The van der Waals surface area contributed by atoms with Gasteiger partial charge in [0.15, 0.2) is 0 Å². The van der Waals surface area contributed by atoms with E-state index < -0.39 is 10.1 Å². The summed E-state index contributed by atoms with van der Waals surface area (Å²) in [5.74, 6) is 1.25. The van der Waals surface area contributed by atoms with Crippen LogP contribution in [-0.2, 0) is 10.1 Å². The maximum absolute atomic E-state index is 10.8. The molecule has 1 saturated carbocycles. The molecule has 14 heavy (non-hydrogen) atoms. The SMILES string of the molecule is CCCC1CC(C)CC1CS(=O)(=O)O. The first-order valence-electron chi connectivity index (χ1n) is 5.37. The van der Waals surface area contributed by atoms with Crippen molar-refractivity contribution in [3.05, 3.63) is 0 Å². The smallest absolute Gasteiger partial charge is 0.265 e. The lowest BCUT2D eigenvalue weighted by Crippen LogP contribution is -2.19. The fourth-order valence-corrected chi connectivity index (χ4v) is 3.66. The van der Waals surface area contributed by atoms with Gasteiger partial charge in [-0.2, -0.15) is 8.42 Å². The van der Waals surface area contributed by atoms with Gasteiger partial charge in [-0.25, -0.2) is 0 Å². The predicted molar refractivity (Wildman–Crippen MR) is 56.7 cm³/mol. The zero-order valence-corrected chi connectivity index (χ0v) is 9.76. The summed E-state index contributed by atoms with van der Waals surface area (Å²) in [6, 6.07) is 0. The molecule has 0 aliphatic heterocycles. The van der Waals surface area contributed by atoms with Crippen LogP contribution in [0.3, 0.4) is 0 Å². The molecule has 0 heterocycles. The minimum Gasteiger partial charge on any atom is -0.286 e. The fraction of sp³-hybridized carbons (Fsp3) is 1.00. The summed E-state index contributed by atoms with van der Waals surface area (Å²) < 4.78 is 30.4. The number of hydrogen-bond acceptors (Lipinski definition) is 2. The monoisotopic (exact) mass is 220 g/mol. The van der Waals surface area contributed by atoms with Crippen LogP contribution in [0.25, 0.3) is 0 Å². The largest absolute Gasteiger partial charge is 0.286 e. The zero-order valence-electron chi connectivity index (χ0n) is 8.94. The molecule has 0 bridgehead atoms. The average Bonchev–Trinajstić information content (AvgIpc) is 2.28. The topological polar surface area (TPSA) is 54.4 Å². The second kappa shape index (κ2) is 4.62. The molecule has 3 nitrogen and oxygen atoms in total. The lowest BCUT2D eigenvalue weighted by Gasteiger charge is -2.16. The van der Waals surface area contributed by atoms with E-state index in [1.807, 2.05) is 0 Å². The van der Waals surface area contributed by atoms with Gasteiger partial charge in [-0.15, -0.1) is 0 Å². The second-order valence-electron chi connectivity index (χ2n) is 4.63. The van der Waals surface area contributed by atoms with Crippen LogP contribution < -0.4 is 0 Å². The average molecular weight is 220 g/mol. The molecule has 1 aliphatic rings. The van der Waals surface area contributed by atoms with Crippen molar-refractivity contribution in [2.75, 3.05) is 5.75 Å². The van der Waals surface area contributed by atoms with Crippen molar-refractivity contribution >= 4 is 10.1 Å². The van der Waals surface area contributed by atoms with Crippen molar-refractivity contribution in [1.29, 1.82) is 0 Å². The van der Waals surface area contributed by atoms with Crippen molar-refractivity contribution in [3.63, 3.8) is 0 Å². The Bertz CT molecular complexity index is 271. The summed E-state index contributed by atoms with van der Waals surface area (Å²) in [6.07, 6.45) is 4.25. The molecule has 0 aromatic heterocycles. The maximum atomic E-state index is 10.8. The van der Waals surface area contributed by atoms with E-state index in [9.17, 15) is 8.42 Å². The quantitative estimate of drug-likeness (QED) is 0.740. The Labute approximate surface area is 86.6 Å². The van der Waals surface area contributed by atoms with Gasteiger partial charge in [0, 0.05) is 0 Å². The van der Waals surface area contributed by atoms with E-state index in [2.05, 4.69) is 13.8 Å². The Kier molecular flexibility index (Phi) is 3.95. The van der Waals surface area contributed by atoms with Crippen LogP contribution in [0.4, 0.5) is 0 Å². The van der Waals surface area contributed by atoms with E-state index in [1.54, 1.807) is 0 Å². The third-order valence-electron chi connectivity index (χ3n) is 3.16. The van der Waals surface area contributed by atoms with Crippen LogP contribution in [0.1, 0.15) is 39.5 Å². The predicted octanol–water partition coefficient (Wildman–Crippen LogP) is 2.34. The summed E-state index contributed by atoms with van der Waals surface area (Å²) in [5, 5.41) is 0. The number of rotatable bonds is 4. The lowest BCUT2D eigenvalue weighted by molar-refractivity contribution is 0.376. The van der Waals surface area contributed by atoms with Crippen molar-refractivity contribution in [1.82, 2.24) is 0 Å². The Morgan fingerprint density at radius 2 is 1.86 bits per heavy atom. The Morgan fingerprint density at radius 3 is 2.36 bits per heavy atom. The molecular formula is C10H20O3S. The van der Waals surface area contributed by atoms with Gasteiger partial charge in [0.05, 0.1) is 5.75 Å². The normalized spacial score (nSPS) is 33.5. The summed E-state index contributed by atoms with van der Waals surface area (Å²) in [6.45, 7) is 4.28. The third kappa shape index (κ3) is 3.58. The van der Waals surface area contributed by atoms with Crippen LogP contribution in [0.2, 0.25) is 0 Å². The third-order valence-corrected chi connectivity index (χ3v) is 4.01. The molecule has 0 saturated heterocycles. The molecule has 0 amide bonds. The highest BCUT2D eigenvalue weighted by Crippen LogP contribution is 2.39. The molecule has 3 unspecified atom stereocenters. The number of hydrogen-bond donors (Lipinski definition) is 1. The van der Waals surface area contributed by atoms with E-state index in [-0.39, 0.29) is 11.7 Å². The highest BCUT2D eigenvalue weighted by Gasteiger charge is 2.33. The van der Waals surface area contributed by atoms with Gasteiger partial charge in [0.1, 0.15) is 0 Å². The van der Waals surface area contributed by atoms with Gasteiger partial charge < -0.3 is 0 Å². The standard InChI is InChI=1S/C10H20O3S/c1-3-4-9-5-8(2)6-10(9)7-14(11,12)13/h8-10H,3-7H2,1-2H3,(H,11,12,13).